The Balaban J connectivity index is 2.99. The first-order valence-corrected chi connectivity index (χ1v) is 7.05. The lowest BCUT2D eigenvalue weighted by Crippen LogP contribution is -2.32. The third kappa shape index (κ3) is 3.32. The summed E-state index contributed by atoms with van der Waals surface area (Å²) in [4.78, 5) is 11.4. The van der Waals surface area contributed by atoms with Gasteiger partial charge in [-0.3, -0.25) is 4.79 Å². The molecule has 17 heavy (non-hydrogen) atoms. The van der Waals surface area contributed by atoms with E-state index in [2.05, 4.69) is 15.9 Å². The van der Waals surface area contributed by atoms with Gasteiger partial charge in [-0.2, -0.15) is 0 Å². The van der Waals surface area contributed by atoms with Gasteiger partial charge in [0.05, 0.1) is 5.41 Å². The minimum Gasteiger partial charge on any atom is -0.481 e. The molecule has 0 fully saturated rings. The Kier molecular flexibility index (Phi) is 5.19. The van der Waals surface area contributed by atoms with Crippen molar-refractivity contribution in [2.75, 3.05) is 5.33 Å². The summed E-state index contributed by atoms with van der Waals surface area (Å²) < 4.78 is 0. The number of halogens is 1. The quantitative estimate of drug-likeness (QED) is 0.812. The third-order valence-corrected chi connectivity index (χ3v) is 3.59. The fraction of sp³-hybridized carbons (Fsp3) is 0.500. The number of carboxylic acids is 1. The molecule has 0 heterocycles. The van der Waals surface area contributed by atoms with E-state index in [0.29, 0.717) is 6.42 Å². The highest BCUT2D eigenvalue weighted by molar-refractivity contribution is 9.09. The van der Waals surface area contributed by atoms with Crippen LogP contribution in [0, 0.1) is 0 Å². The van der Waals surface area contributed by atoms with Crippen molar-refractivity contribution in [1.82, 2.24) is 0 Å². The number of hydrogen-bond acceptors (Lipinski definition) is 1. The zero-order valence-corrected chi connectivity index (χ0v) is 12.0. The summed E-state index contributed by atoms with van der Waals surface area (Å²) in [5.74, 6) is -0.743. The summed E-state index contributed by atoms with van der Waals surface area (Å²) in [5, 5.41) is 10.3. The molecule has 1 atom stereocenters. The van der Waals surface area contributed by atoms with E-state index in [1.807, 2.05) is 31.2 Å². The molecule has 0 saturated heterocycles. The van der Waals surface area contributed by atoms with E-state index in [9.17, 15) is 9.90 Å². The van der Waals surface area contributed by atoms with Crippen molar-refractivity contribution in [3.8, 4) is 0 Å². The molecule has 0 aliphatic heterocycles. The number of alkyl halides is 1. The Morgan fingerprint density at radius 3 is 2.35 bits per heavy atom. The number of benzene rings is 1. The zero-order chi connectivity index (χ0) is 12.9. The van der Waals surface area contributed by atoms with Crippen LogP contribution in [0.1, 0.15) is 37.8 Å². The Morgan fingerprint density at radius 1 is 1.35 bits per heavy atom. The molecule has 1 rings (SSSR count). The smallest absolute Gasteiger partial charge is 0.313 e. The van der Waals surface area contributed by atoms with E-state index in [4.69, 9.17) is 0 Å². The van der Waals surface area contributed by atoms with Crippen molar-refractivity contribution in [2.24, 2.45) is 0 Å². The lowest BCUT2D eigenvalue weighted by atomic mass is 9.78. The molecule has 1 N–H and O–H groups in total. The van der Waals surface area contributed by atoms with E-state index >= 15 is 0 Å². The number of carbonyl (C=O) groups is 1. The van der Waals surface area contributed by atoms with Crippen LogP contribution < -0.4 is 0 Å². The fourth-order valence-corrected chi connectivity index (χ4v) is 2.48. The van der Waals surface area contributed by atoms with Crippen LogP contribution in [0.3, 0.4) is 0 Å². The fourth-order valence-electron chi connectivity index (χ4n) is 2.02. The van der Waals surface area contributed by atoms with Gasteiger partial charge in [-0.05, 0) is 30.9 Å². The lowest BCUT2D eigenvalue weighted by molar-refractivity contribution is -0.143. The normalized spacial score (nSPS) is 14.3. The van der Waals surface area contributed by atoms with Gasteiger partial charge in [0, 0.05) is 5.33 Å². The van der Waals surface area contributed by atoms with Gasteiger partial charge in [-0.25, -0.2) is 0 Å². The predicted molar refractivity (Wildman–Crippen MR) is 73.8 cm³/mol. The molecule has 1 unspecified atom stereocenters. The third-order valence-electron chi connectivity index (χ3n) is 3.20. The Bertz CT molecular complexity index is 372. The Labute approximate surface area is 111 Å². The Hall–Kier alpha value is -0.830. The first-order chi connectivity index (χ1) is 8.04. The summed E-state index contributed by atoms with van der Waals surface area (Å²) in [6, 6.07) is 7.93. The van der Waals surface area contributed by atoms with Crippen molar-refractivity contribution in [1.29, 1.82) is 0 Å². The average molecular weight is 299 g/mol. The molecule has 3 heteroatoms. The first kappa shape index (κ1) is 14.2. The summed E-state index contributed by atoms with van der Waals surface area (Å²) in [7, 11) is 0. The minimum absolute atomic E-state index is 0.667. The summed E-state index contributed by atoms with van der Waals surface area (Å²) in [6.07, 6.45) is 2.50. The van der Waals surface area contributed by atoms with Crippen LogP contribution >= 0.6 is 15.9 Å². The van der Waals surface area contributed by atoms with Crippen molar-refractivity contribution < 1.29 is 9.90 Å². The first-order valence-electron chi connectivity index (χ1n) is 5.93. The Morgan fingerprint density at radius 2 is 1.94 bits per heavy atom. The molecule has 94 valence electrons. The highest BCUT2D eigenvalue weighted by Crippen LogP contribution is 2.29. The number of aliphatic carboxylic acids is 1. The molecule has 0 aliphatic carbocycles. The maximum Gasteiger partial charge on any atom is 0.313 e. The van der Waals surface area contributed by atoms with Crippen LogP contribution in [0.5, 0.6) is 0 Å². The maximum absolute atomic E-state index is 11.4. The molecule has 0 aromatic heterocycles. The largest absolute Gasteiger partial charge is 0.481 e. The number of rotatable bonds is 6. The van der Waals surface area contributed by atoms with Crippen molar-refractivity contribution >= 4 is 21.9 Å². The maximum atomic E-state index is 11.4. The number of hydrogen-bond donors (Lipinski definition) is 1. The van der Waals surface area contributed by atoms with Gasteiger partial charge in [0.25, 0.3) is 0 Å². The summed E-state index contributed by atoms with van der Waals surface area (Å²) in [5.41, 5.74) is 1.36. The molecule has 0 bridgehead atoms. The van der Waals surface area contributed by atoms with Gasteiger partial charge >= 0.3 is 5.97 Å². The van der Waals surface area contributed by atoms with Crippen molar-refractivity contribution in [2.45, 2.75) is 38.5 Å². The molecule has 0 amide bonds. The molecule has 0 spiro atoms. The lowest BCUT2D eigenvalue weighted by Gasteiger charge is -2.25. The number of carboxylic acid groups (broad SMARTS) is 1. The van der Waals surface area contributed by atoms with Crippen LogP contribution in [0.25, 0.3) is 0 Å². The zero-order valence-electron chi connectivity index (χ0n) is 10.4. The summed E-state index contributed by atoms with van der Waals surface area (Å²) >= 11 is 3.40. The molecule has 0 radical (unpaired) electrons. The molecule has 1 aromatic carbocycles. The van der Waals surface area contributed by atoms with Crippen LogP contribution in [-0.4, -0.2) is 16.4 Å². The van der Waals surface area contributed by atoms with Gasteiger partial charge in [0.2, 0.25) is 0 Å². The van der Waals surface area contributed by atoms with E-state index < -0.39 is 11.4 Å². The second kappa shape index (κ2) is 6.20. The second-order valence-electron chi connectivity index (χ2n) is 4.52. The molecular weight excluding hydrogens is 280 g/mol. The predicted octanol–water partition coefficient (Wildman–Crippen LogP) is 3.77. The second-order valence-corrected chi connectivity index (χ2v) is 5.32. The van der Waals surface area contributed by atoms with Gasteiger partial charge in [0.1, 0.15) is 0 Å². The topological polar surface area (TPSA) is 37.3 Å². The summed E-state index contributed by atoms with van der Waals surface area (Å²) in [6.45, 7) is 3.82. The van der Waals surface area contributed by atoms with E-state index in [1.54, 1.807) is 6.92 Å². The molecular formula is C14H19BrO2. The SMILES string of the molecule is CCCC(C)(C(=O)O)c1ccc(CCBr)cc1. The van der Waals surface area contributed by atoms with Gasteiger partial charge in [-0.15, -0.1) is 0 Å². The highest BCUT2D eigenvalue weighted by atomic mass is 79.9. The molecule has 2 nitrogen and oxygen atoms in total. The monoisotopic (exact) mass is 298 g/mol. The van der Waals surface area contributed by atoms with Gasteiger partial charge in [-0.1, -0.05) is 53.5 Å². The van der Waals surface area contributed by atoms with Crippen LogP contribution in [0.4, 0.5) is 0 Å². The van der Waals surface area contributed by atoms with Crippen LogP contribution in [0.2, 0.25) is 0 Å². The van der Waals surface area contributed by atoms with E-state index in [0.717, 1.165) is 23.7 Å². The standard InChI is InChI=1S/C14H19BrO2/c1-3-9-14(2,13(16)17)12-6-4-11(5-7-12)8-10-15/h4-7H,3,8-10H2,1-2H3,(H,16,17). The van der Waals surface area contributed by atoms with Gasteiger partial charge < -0.3 is 5.11 Å². The molecule has 1 aromatic rings. The average Bonchev–Trinajstić information content (AvgIpc) is 2.30. The minimum atomic E-state index is -0.762. The van der Waals surface area contributed by atoms with Crippen LogP contribution in [-0.2, 0) is 16.6 Å². The van der Waals surface area contributed by atoms with E-state index in [-0.39, 0.29) is 0 Å². The molecule has 0 aliphatic rings. The van der Waals surface area contributed by atoms with Crippen molar-refractivity contribution in [3.63, 3.8) is 0 Å². The van der Waals surface area contributed by atoms with Crippen molar-refractivity contribution in [3.05, 3.63) is 35.4 Å². The van der Waals surface area contributed by atoms with Gasteiger partial charge in [0.15, 0.2) is 0 Å². The molecule has 0 saturated carbocycles. The van der Waals surface area contributed by atoms with Crippen LogP contribution in [0.15, 0.2) is 24.3 Å². The number of aryl methyl sites for hydroxylation is 1. The van der Waals surface area contributed by atoms with E-state index in [1.165, 1.54) is 5.56 Å². The highest BCUT2D eigenvalue weighted by Gasteiger charge is 2.33.